The molecule has 0 heterocycles. The maximum atomic E-state index is 13.9. The van der Waals surface area contributed by atoms with Crippen LogP contribution in [-0.2, 0) is 19.8 Å². The molecule has 0 bridgehead atoms. The molecule has 0 unspecified atom stereocenters. The first-order valence-electron chi connectivity index (χ1n) is 14.5. The van der Waals surface area contributed by atoms with E-state index in [1.54, 1.807) is 13.0 Å². The molecular formula is C33H42O7. The predicted octanol–water partition coefficient (Wildman–Crippen LogP) is 6.72. The van der Waals surface area contributed by atoms with Gasteiger partial charge in [-0.15, -0.1) is 0 Å². The zero-order chi connectivity index (χ0) is 29.6. The van der Waals surface area contributed by atoms with E-state index in [1.807, 2.05) is 13.0 Å². The highest BCUT2D eigenvalue weighted by Gasteiger charge is 2.67. The molecule has 0 aliphatic heterocycles. The van der Waals surface area contributed by atoms with E-state index in [1.165, 1.54) is 13.8 Å². The zero-order valence-corrected chi connectivity index (χ0v) is 25.1. The fourth-order valence-corrected chi connectivity index (χ4v) is 9.20. The molecule has 6 atom stereocenters. The number of benzene rings is 1. The van der Waals surface area contributed by atoms with Crippen molar-refractivity contribution in [2.45, 2.75) is 106 Å². The minimum Gasteiger partial charge on any atom is -0.481 e. The number of hydrogen-bond donors (Lipinski definition) is 1. The highest BCUT2D eigenvalue weighted by Crippen LogP contribution is 2.74. The van der Waals surface area contributed by atoms with Crippen LogP contribution < -0.4 is 9.47 Å². The minimum absolute atomic E-state index is 0.0616. The van der Waals surface area contributed by atoms with Crippen LogP contribution in [0.4, 0.5) is 0 Å². The van der Waals surface area contributed by atoms with Gasteiger partial charge >= 0.3 is 17.9 Å². The molecule has 0 radical (unpaired) electrons. The fourth-order valence-electron chi connectivity index (χ4n) is 9.20. The minimum atomic E-state index is -0.751. The number of fused-ring (bicyclic) bond motifs is 7. The Kier molecular flexibility index (Phi) is 6.26. The summed E-state index contributed by atoms with van der Waals surface area (Å²) in [5.74, 6) is -1.50. The van der Waals surface area contributed by atoms with Gasteiger partial charge in [0.25, 0.3) is 0 Å². The molecule has 1 N–H and O–H groups in total. The first-order chi connectivity index (χ1) is 18.4. The number of aliphatic carboxylic acids is 1. The fraction of sp³-hybridized carbons (Fsp3) is 0.636. The van der Waals surface area contributed by atoms with Crippen LogP contribution in [0.25, 0.3) is 0 Å². The first-order valence-corrected chi connectivity index (χ1v) is 14.5. The number of ether oxygens (including phenoxy) is 2. The third kappa shape index (κ3) is 3.75. The average Bonchev–Trinajstić information content (AvgIpc) is 2.85. The van der Waals surface area contributed by atoms with Crippen molar-refractivity contribution in [3.8, 4) is 11.5 Å². The summed E-state index contributed by atoms with van der Waals surface area (Å²) < 4.78 is 11.0. The third-order valence-corrected chi connectivity index (χ3v) is 11.9. The number of allylic oxidation sites excluding steroid dienone is 2. The molecule has 0 spiro atoms. The summed E-state index contributed by atoms with van der Waals surface area (Å²) in [6.45, 7) is 15.3. The molecule has 4 aliphatic carbocycles. The highest BCUT2D eigenvalue weighted by atomic mass is 16.6. The molecule has 5 rings (SSSR count). The van der Waals surface area contributed by atoms with E-state index < -0.39 is 28.7 Å². The second-order valence-corrected chi connectivity index (χ2v) is 14.2. The van der Waals surface area contributed by atoms with E-state index in [0.717, 1.165) is 43.2 Å². The Hall–Kier alpha value is -2.96. The van der Waals surface area contributed by atoms with Gasteiger partial charge in [-0.3, -0.25) is 19.2 Å². The summed E-state index contributed by atoms with van der Waals surface area (Å²) in [7, 11) is 0. The molecule has 3 fully saturated rings. The van der Waals surface area contributed by atoms with E-state index >= 15 is 0 Å². The van der Waals surface area contributed by atoms with Gasteiger partial charge in [0, 0.05) is 30.4 Å². The molecule has 0 saturated heterocycles. The zero-order valence-electron chi connectivity index (χ0n) is 25.1. The number of ketones is 1. The third-order valence-electron chi connectivity index (χ3n) is 11.9. The van der Waals surface area contributed by atoms with Crippen LogP contribution in [0.3, 0.4) is 0 Å². The Labute approximate surface area is 236 Å². The molecule has 7 nitrogen and oxygen atoms in total. The van der Waals surface area contributed by atoms with Gasteiger partial charge < -0.3 is 14.6 Å². The number of esters is 2. The van der Waals surface area contributed by atoms with Gasteiger partial charge in [0.1, 0.15) is 0 Å². The topological polar surface area (TPSA) is 107 Å². The number of carboxylic acids is 1. The van der Waals surface area contributed by atoms with E-state index in [4.69, 9.17) is 9.47 Å². The Bertz CT molecular complexity index is 1390. The summed E-state index contributed by atoms with van der Waals surface area (Å²) in [5.41, 5.74) is 1.19. The largest absolute Gasteiger partial charge is 0.481 e. The summed E-state index contributed by atoms with van der Waals surface area (Å²) in [5, 5.41) is 10.2. The molecular weight excluding hydrogens is 508 g/mol. The van der Waals surface area contributed by atoms with Crippen molar-refractivity contribution < 1.29 is 33.8 Å². The van der Waals surface area contributed by atoms with E-state index in [2.05, 4.69) is 27.7 Å². The Morgan fingerprint density at radius 1 is 0.900 bits per heavy atom. The van der Waals surface area contributed by atoms with Gasteiger partial charge in [-0.1, -0.05) is 27.7 Å². The van der Waals surface area contributed by atoms with Crippen LogP contribution in [0.5, 0.6) is 11.5 Å². The maximum absolute atomic E-state index is 13.9. The number of hydrogen-bond acceptors (Lipinski definition) is 6. The number of carboxylic acid groups (broad SMARTS) is 1. The molecule has 1 aromatic carbocycles. The second-order valence-electron chi connectivity index (χ2n) is 14.2. The van der Waals surface area contributed by atoms with Gasteiger partial charge in [-0.05, 0) is 104 Å². The smallest absolute Gasteiger partial charge is 0.309 e. The van der Waals surface area contributed by atoms with Crippen molar-refractivity contribution in [3.63, 3.8) is 0 Å². The number of carbonyl (C=O) groups excluding carboxylic acids is 3. The molecule has 4 aliphatic rings. The lowest BCUT2D eigenvalue weighted by molar-refractivity contribution is -0.177. The lowest BCUT2D eigenvalue weighted by Gasteiger charge is -2.69. The van der Waals surface area contributed by atoms with Gasteiger partial charge in [0.15, 0.2) is 17.3 Å². The van der Waals surface area contributed by atoms with Gasteiger partial charge in [-0.25, -0.2) is 0 Å². The van der Waals surface area contributed by atoms with Crippen LogP contribution in [-0.4, -0.2) is 28.8 Å². The van der Waals surface area contributed by atoms with E-state index in [9.17, 15) is 24.3 Å². The lowest BCUT2D eigenvalue weighted by atomic mass is 9.34. The number of rotatable bonds is 3. The molecule has 0 aromatic heterocycles. The summed E-state index contributed by atoms with van der Waals surface area (Å²) in [4.78, 5) is 50.2. The van der Waals surface area contributed by atoms with Crippen LogP contribution in [0.1, 0.15) is 115 Å². The summed E-state index contributed by atoms with van der Waals surface area (Å²) in [6, 6.07) is 1.73. The predicted molar refractivity (Wildman–Crippen MR) is 149 cm³/mol. The van der Waals surface area contributed by atoms with Crippen molar-refractivity contribution in [1.82, 2.24) is 0 Å². The molecule has 0 amide bonds. The average molecular weight is 551 g/mol. The van der Waals surface area contributed by atoms with Crippen molar-refractivity contribution >= 4 is 23.7 Å². The van der Waals surface area contributed by atoms with Crippen LogP contribution >= 0.6 is 0 Å². The first kappa shape index (κ1) is 28.6. The highest BCUT2D eigenvalue weighted by molar-refractivity contribution is 6.10. The molecule has 216 valence electrons. The van der Waals surface area contributed by atoms with Crippen LogP contribution in [0.2, 0.25) is 0 Å². The van der Waals surface area contributed by atoms with Crippen molar-refractivity contribution in [2.24, 2.45) is 27.6 Å². The summed E-state index contributed by atoms with van der Waals surface area (Å²) in [6.07, 6.45) is 7.61. The Morgan fingerprint density at radius 3 is 2.12 bits per heavy atom. The lowest BCUT2D eigenvalue weighted by Crippen LogP contribution is -2.62. The SMILES string of the molecule is CC(=O)Oc1cc2c(c(C)c1OC(C)=O)C(=O)C=C1[C@@]2(C)CC[C@@]2(C)[C@@H]3C[C@](C)(C(=O)O)CC[C@]3(C)CC[C@]12C. The maximum Gasteiger partial charge on any atom is 0.309 e. The van der Waals surface area contributed by atoms with Crippen molar-refractivity contribution in [2.75, 3.05) is 0 Å². The standard InChI is InChI=1S/C33H42O7/c1-18-26-21(15-23(39-19(2)34)27(18)40-20(3)35)31(6)12-14-33(8)25-17-30(5,28(37)38)10-9-29(25,4)11-13-32(33,7)24(31)16-22(26)36/h15-16,25H,9-14,17H2,1-8H3,(H,37,38)/t25-,29-,30-,31+,32-,33+/m1/s1. The van der Waals surface area contributed by atoms with Crippen molar-refractivity contribution in [1.29, 1.82) is 0 Å². The molecule has 7 heteroatoms. The van der Waals surface area contributed by atoms with Gasteiger partial charge in [0.2, 0.25) is 0 Å². The molecule has 1 aromatic rings. The summed E-state index contributed by atoms with van der Waals surface area (Å²) >= 11 is 0. The number of carbonyl (C=O) groups is 4. The Morgan fingerprint density at radius 2 is 1.52 bits per heavy atom. The normalized spacial score (nSPS) is 38.1. The Balaban J connectivity index is 1.67. The van der Waals surface area contributed by atoms with Crippen molar-refractivity contribution in [3.05, 3.63) is 34.4 Å². The van der Waals surface area contributed by atoms with Gasteiger partial charge in [0.05, 0.1) is 5.41 Å². The molecule has 40 heavy (non-hydrogen) atoms. The van der Waals surface area contributed by atoms with E-state index in [-0.39, 0.29) is 39.4 Å². The van der Waals surface area contributed by atoms with Crippen LogP contribution in [0, 0.1) is 34.5 Å². The van der Waals surface area contributed by atoms with Gasteiger partial charge in [-0.2, -0.15) is 0 Å². The monoisotopic (exact) mass is 550 g/mol. The van der Waals surface area contributed by atoms with E-state index in [0.29, 0.717) is 24.0 Å². The quantitative estimate of drug-likeness (QED) is 0.329. The second kappa shape index (κ2) is 8.77. The van der Waals surface area contributed by atoms with Crippen LogP contribution in [0.15, 0.2) is 17.7 Å². The molecule has 3 saturated carbocycles.